The molecule has 2 aromatic carbocycles. The van der Waals surface area contributed by atoms with Crippen molar-refractivity contribution < 1.29 is 14.6 Å². The normalized spacial score (nSPS) is 22.8. The highest BCUT2D eigenvalue weighted by Crippen LogP contribution is 2.39. The van der Waals surface area contributed by atoms with Crippen LogP contribution in [0, 0.1) is 0 Å². The number of amides is 1. The summed E-state index contributed by atoms with van der Waals surface area (Å²) < 4.78 is 6.15. The predicted molar refractivity (Wildman–Crippen MR) is 119 cm³/mol. The summed E-state index contributed by atoms with van der Waals surface area (Å²) in [7, 11) is 0. The highest BCUT2D eigenvalue weighted by atomic mass is 35.5. The lowest BCUT2D eigenvalue weighted by Crippen LogP contribution is -2.54. The molecule has 0 spiro atoms. The zero-order chi connectivity index (χ0) is 21.4. The molecule has 0 aromatic heterocycles. The molecule has 162 valence electrons. The Balaban J connectivity index is 1.40. The molecular weight excluding hydrogens is 416 g/mol. The third kappa shape index (κ3) is 4.26. The summed E-state index contributed by atoms with van der Waals surface area (Å²) in [6, 6.07) is 13.3. The van der Waals surface area contributed by atoms with Crippen LogP contribution in [0.4, 0.5) is 5.69 Å². The van der Waals surface area contributed by atoms with Crippen molar-refractivity contribution in [1.82, 2.24) is 15.1 Å². The number of ether oxygens (including phenoxy) is 1. The molecule has 31 heavy (non-hydrogen) atoms. The van der Waals surface area contributed by atoms with Crippen molar-refractivity contribution in [1.29, 1.82) is 0 Å². The molecule has 2 atom stereocenters. The quantitative estimate of drug-likeness (QED) is 0.750. The van der Waals surface area contributed by atoms with E-state index in [0.29, 0.717) is 48.9 Å². The summed E-state index contributed by atoms with van der Waals surface area (Å²) in [6.07, 6.45) is 0.659. The highest BCUT2D eigenvalue weighted by molar-refractivity contribution is 6.31. The van der Waals surface area contributed by atoms with Crippen LogP contribution in [-0.4, -0.2) is 71.5 Å². The minimum Gasteiger partial charge on any atom is -0.454 e. The van der Waals surface area contributed by atoms with E-state index in [9.17, 15) is 9.90 Å². The minimum absolute atomic E-state index is 0.0110. The molecule has 3 aliphatic rings. The van der Waals surface area contributed by atoms with Crippen molar-refractivity contribution in [3.63, 3.8) is 0 Å². The fraction of sp³-hybridized carbons (Fsp3) is 0.391. The Labute approximate surface area is 186 Å². The largest absolute Gasteiger partial charge is 0.454 e. The van der Waals surface area contributed by atoms with Crippen LogP contribution in [0.5, 0.6) is 11.5 Å². The molecule has 1 amide bonds. The number of amidine groups is 1. The van der Waals surface area contributed by atoms with E-state index in [4.69, 9.17) is 21.3 Å². The summed E-state index contributed by atoms with van der Waals surface area (Å²) in [5.41, 5.74) is 1.61. The standard InChI is InChI=1S/C23H25ClN4O3/c24-15-5-6-21-19(11-15)26-23(18-3-1-2-4-20(18)31-21)28-10-8-25-16(13-28)12-22(30)27-9-7-17(29)14-27/h1-6,11,16-17,25,29H,7-10,12-14H2/t16-,17+/m0/s1. The molecule has 2 fully saturated rings. The molecule has 0 saturated carbocycles. The number of fused-ring (bicyclic) bond motifs is 2. The zero-order valence-corrected chi connectivity index (χ0v) is 17.9. The number of nitrogens with zero attached hydrogens (tertiary/aromatic N) is 3. The molecular formula is C23H25ClN4O3. The van der Waals surface area contributed by atoms with Crippen LogP contribution in [0.2, 0.25) is 5.02 Å². The number of hydrogen-bond acceptors (Lipinski definition) is 6. The Hall–Kier alpha value is -2.61. The van der Waals surface area contributed by atoms with Crippen LogP contribution < -0.4 is 10.1 Å². The average Bonchev–Trinajstić information content (AvgIpc) is 3.13. The lowest BCUT2D eigenvalue weighted by atomic mass is 10.1. The van der Waals surface area contributed by atoms with Crippen LogP contribution in [0.1, 0.15) is 18.4 Å². The maximum atomic E-state index is 12.7. The molecule has 3 aliphatic heterocycles. The lowest BCUT2D eigenvalue weighted by Gasteiger charge is -2.36. The van der Waals surface area contributed by atoms with Gasteiger partial charge < -0.3 is 25.0 Å². The molecule has 0 unspecified atom stereocenters. The summed E-state index contributed by atoms with van der Waals surface area (Å²) in [6.45, 7) is 3.25. The third-order valence-electron chi connectivity index (χ3n) is 5.99. The Morgan fingerprint density at radius 2 is 2.06 bits per heavy atom. The highest BCUT2D eigenvalue weighted by Gasteiger charge is 2.31. The molecule has 0 aliphatic carbocycles. The van der Waals surface area contributed by atoms with Gasteiger partial charge in [0.15, 0.2) is 5.75 Å². The Morgan fingerprint density at radius 3 is 2.90 bits per heavy atom. The van der Waals surface area contributed by atoms with Crippen LogP contribution in [0.15, 0.2) is 47.5 Å². The maximum absolute atomic E-state index is 12.7. The summed E-state index contributed by atoms with van der Waals surface area (Å²) in [5, 5.41) is 13.8. The van der Waals surface area contributed by atoms with E-state index in [1.165, 1.54) is 0 Å². The van der Waals surface area contributed by atoms with Gasteiger partial charge in [-0.25, -0.2) is 4.99 Å². The number of benzene rings is 2. The number of aliphatic hydroxyl groups excluding tert-OH is 1. The lowest BCUT2D eigenvalue weighted by molar-refractivity contribution is -0.131. The number of piperazine rings is 1. The summed E-state index contributed by atoms with van der Waals surface area (Å²) in [4.78, 5) is 21.6. The molecule has 2 aromatic rings. The number of halogens is 1. The number of para-hydroxylation sites is 1. The van der Waals surface area contributed by atoms with Crippen molar-refractivity contribution in [2.24, 2.45) is 4.99 Å². The smallest absolute Gasteiger partial charge is 0.224 e. The van der Waals surface area contributed by atoms with Gasteiger partial charge in [-0.05, 0) is 36.8 Å². The maximum Gasteiger partial charge on any atom is 0.224 e. The Bertz CT molecular complexity index is 1030. The molecule has 3 heterocycles. The second kappa shape index (κ2) is 8.49. The fourth-order valence-corrected chi connectivity index (χ4v) is 4.57. The second-order valence-electron chi connectivity index (χ2n) is 8.23. The summed E-state index contributed by atoms with van der Waals surface area (Å²) in [5.74, 6) is 2.33. The molecule has 0 bridgehead atoms. The van der Waals surface area contributed by atoms with Crippen LogP contribution in [-0.2, 0) is 4.79 Å². The van der Waals surface area contributed by atoms with Gasteiger partial charge in [0.2, 0.25) is 5.91 Å². The summed E-state index contributed by atoms with van der Waals surface area (Å²) >= 11 is 6.22. The van der Waals surface area contributed by atoms with Crippen LogP contribution >= 0.6 is 11.6 Å². The molecule has 0 radical (unpaired) electrons. The van der Waals surface area contributed by atoms with Gasteiger partial charge in [-0.2, -0.15) is 0 Å². The number of rotatable bonds is 2. The van der Waals surface area contributed by atoms with Crippen molar-refractivity contribution in [3.05, 3.63) is 53.1 Å². The number of carbonyl (C=O) groups excluding carboxylic acids is 1. The van der Waals surface area contributed by atoms with Crippen molar-refractivity contribution in [2.45, 2.75) is 25.0 Å². The van der Waals surface area contributed by atoms with Gasteiger partial charge in [0.25, 0.3) is 0 Å². The van der Waals surface area contributed by atoms with Gasteiger partial charge in [-0.1, -0.05) is 23.7 Å². The van der Waals surface area contributed by atoms with Gasteiger partial charge >= 0.3 is 0 Å². The van der Waals surface area contributed by atoms with Gasteiger partial charge in [-0.3, -0.25) is 4.79 Å². The van der Waals surface area contributed by atoms with Gasteiger partial charge in [0.1, 0.15) is 17.3 Å². The van der Waals surface area contributed by atoms with E-state index in [1.54, 1.807) is 11.0 Å². The molecule has 2 N–H and O–H groups in total. The van der Waals surface area contributed by atoms with Crippen LogP contribution in [0.25, 0.3) is 0 Å². The number of carbonyl (C=O) groups is 1. The Kier molecular flexibility index (Phi) is 5.56. The minimum atomic E-state index is -0.400. The van der Waals surface area contributed by atoms with Crippen molar-refractivity contribution in [3.8, 4) is 11.5 Å². The number of aliphatic imine (C=N–C) groups is 1. The molecule has 8 heteroatoms. The van der Waals surface area contributed by atoms with Gasteiger partial charge in [0, 0.05) is 50.2 Å². The van der Waals surface area contributed by atoms with E-state index in [0.717, 1.165) is 30.2 Å². The first-order valence-electron chi connectivity index (χ1n) is 10.7. The third-order valence-corrected chi connectivity index (χ3v) is 6.22. The predicted octanol–water partition coefficient (Wildman–Crippen LogP) is 2.78. The Morgan fingerprint density at radius 1 is 1.19 bits per heavy atom. The van der Waals surface area contributed by atoms with E-state index in [1.807, 2.05) is 36.4 Å². The van der Waals surface area contributed by atoms with Crippen LogP contribution in [0.3, 0.4) is 0 Å². The average molecular weight is 441 g/mol. The van der Waals surface area contributed by atoms with E-state index >= 15 is 0 Å². The van der Waals surface area contributed by atoms with Gasteiger partial charge in [0.05, 0.1) is 11.7 Å². The van der Waals surface area contributed by atoms with Gasteiger partial charge in [-0.15, -0.1) is 0 Å². The molecule has 5 rings (SSSR count). The molecule has 2 saturated heterocycles. The second-order valence-corrected chi connectivity index (χ2v) is 8.67. The first-order valence-corrected chi connectivity index (χ1v) is 11.0. The number of likely N-dealkylation sites (tertiary alicyclic amines) is 1. The van der Waals surface area contributed by atoms with Crippen molar-refractivity contribution in [2.75, 3.05) is 32.7 Å². The van der Waals surface area contributed by atoms with E-state index in [2.05, 4.69) is 10.2 Å². The molecule has 7 nitrogen and oxygen atoms in total. The zero-order valence-electron chi connectivity index (χ0n) is 17.1. The van der Waals surface area contributed by atoms with E-state index in [-0.39, 0.29) is 11.9 Å². The topological polar surface area (TPSA) is 77.4 Å². The number of β-amino-alcohol motifs (C(OH)–C–C–N with tert-alkyl or cyclic N) is 1. The SMILES string of the molecule is O=C(C[C@H]1CN(C2=Nc3cc(Cl)ccc3Oc3ccccc32)CCN1)N1CC[C@@H](O)C1. The fourth-order valence-electron chi connectivity index (χ4n) is 4.40. The van der Waals surface area contributed by atoms with Crippen molar-refractivity contribution >= 4 is 29.0 Å². The number of hydrogen-bond donors (Lipinski definition) is 2. The van der Waals surface area contributed by atoms with E-state index < -0.39 is 6.10 Å². The first-order chi connectivity index (χ1) is 15.1. The first kappa shape index (κ1) is 20.3. The number of nitrogens with one attached hydrogen (secondary N) is 1. The monoisotopic (exact) mass is 440 g/mol. The number of aliphatic hydroxyl groups is 1.